The van der Waals surface area contributed by atoms with Crippen molar-refractivity contribution in [3.05, 3.63) is 52.2 Å². The Morgan fingerprint density at radius 2 is 2.22 bits per heavy atom. The Hall–Kier alpha value is -2.73. The molecule has 3 aromatic heterocycles. The highest BCUT2D eigenvalue weighted by Crippen LogP contribution is 2.24. The number of rotatable bonds is 5. The number of hydrogen-bond donors (Lipinski definition) is 0. The molecule has 3 aromatic rings. The van der Waals surface area contributed by atoms with Crippen LogP contribution in [0.1, 0.15) is 53.1 Å². The summed E-state index contributed by atoms with van der Waals surface area (Å²) >= 11 is 3.34. The van der Waals surface area contributed by atoms with Crippen molar-refractivity contribution in [3.63, 3.8) is 0 Å². The Morgan fingerprint density at radius 1 is 1.33 bits per heavy atom. The number of aromatic nitrogens is 5. The predicted octanol–water partition coefficient (Wildman–Crippen LogP) is 3.09. The molecule has 0 bridgehead atoms. The second-order valence-corrected chi connectivity index (χ2v) is 7.40. The molecule has 1 aliphatic rings. The van der Waals surface area contributed by atoms with E-state index in [1.165, 1.54) is 0 Å². The Bertz CT molecular complexity index is 1010. The van der Waals surface area contributed by atoms with Crippen LogP contribution in [-0.2, 0) is 19.5 Å². The van der Waals surface area contributed by atoms with Gasteiger partial charge in [-0.1, -0.05) is 6.42 Å². The van der Waals surface area contributed by atoms with Gasteiger partial charge in [-0.2, -0.15) is 10.4 Å². The van der Waals surface area contributed by atoms with Crippen molar-refractivity contribution < 1.29 is 9.21 Å². The first-order valence-electron chi connectivity index (χ1n) is 8.78. The number of Topliss-reactive ketones (excluding diaryl/α,β-unsaturated/α-hetero) is 1. The van der Waals surface area contributed by atoms with Gasteiger partial charge >= 0.3 is 0 Å². The summed E-state index contributed by atoms with van der Waals surface area (Å²) in [5, 5.41) is 22.1. The monoisotopic (exact) mass is 428 g/mol. The Kier molecular flexibility index (Phi) is 4.90. The van der Waals surface area contributed by atoms with Crippen molar-refractivity contribution in [2.45, 2.75) is 44.7 Å². The van der Waals surface area contributed by atoms with E-state index < -0.39 is 11.7 Å². The summed E-state index contributed by atoms with van der Waals surface area (Å²) in [6.07, 6.45) is 7.47. The quantitative estimate of drug-likeness (QED) is 0.578. The van der Waals surface area contributed by atoms with E-state index in [0.29, 0.717) is 18.1 Å². The molecule has 0 spiro atoms. The fourth-order valence-corrected chi connectivity index (χ4v) is 3.60. The zero-order valence-electron chi connectivity index (χ0n) is 14.5. The van der Waals surface area contributed by atoms with Crippen LogP contribution in [-0.4, -0.2) is 30.3 Å². The van der Waals surface area contributed by atoms with E-state index in [0.717, 1.165) is 42.5 Å². The highest BCUT2D eigenvalue weighted by Gasteiger charge is 2.31. The number of carbonyl (C=O) groups excluding carboxylic acids is 1. The van der Waals surface area contributed by atoms with Gasteiger partial charge in [-0.05, 0) is 40.9 Å². The van der Waals surface area contributed by atoms with Gasteiger partial charge in [0.15, 0.2) is 17.5 Å². The number of halogens is 1. The molecule has 138 valence electrons. The second-order valence-electron chi connectivity index (χ2n) is 6.49. The number of aryl methyl sites for hydroxylation is 1. The molecule has 0 amide bonds. The molecule has 0 saturated heterocycles. The topological polar surface area (TPSA) is 103 Å². The number of carbonyl (C=O) groups is 1. The van der Waals surface area contributed by atoms with Gasteiger partial charge in [0.1, 0.15) is 11.6 Å². The van der Waals surface area contributed by atoms with E-state index in [1.807, 2.05) is 10.8 Å². The third-order valence-corrected chi connectivity index (χ3v) is 5.02. The predicted molar refractivity (Wildman–Crippen MR) is 98.0 cm³/mol. The lowest BCUT2D eigenvalue weighted by molar-refractivity contribution is 0.0945. The van der Waals surface area contributed by atoms with Gasteiger partial charge in [0.2, 0.25) is 5.78 Å². The number of nitriles is 1. The van der Waals surface area contributed by atoms with Crippen molar-refractivity contribution in [3.8, 4) is 6.07 Å². The number of nitrogens with zero attached hydrogens (tertiary/aromatic N) is 6. The van der Waals surface area contributed by atoms with Crippen LogP contribution in [0.5, 0.6) is 0 Å². The summed E-state index contributed by atoms with van der Waals surface area (Å²) < 4.78 is 10.1. The second kappa shape index (κ2) is 7.48. The number of hydrogen-bond acceptors (Lipinski definition) is 6. The minimum absolute atomic E-state index is 0.147. The summed E-state index contributed by atoms with van der Waals surface area (Å²) in [5.74, 6) is 0.569. The molecular weight excluding hydrogens is 412 g/mol. The van der Waals surface area contributed by atoms with Gasteiger partial charge in [0.25, 0.3) is 0 Å². The largest absolute Gasteiger partial charge is 0.456 e. The van der Waals surface area contributed by atoms with Crippen LogP contribution in [0.25, 0.3) is 0 Å². The molecule has 8 nitrogen and oxygen atoms in total. The summed E-state index contributed by atoms with van der Waals surface area (Å²) in [4.78, 5) is 12.9. The molecule has 9 heteroatoms. The first-order chi connectivity index (χ1) is 13.2. The van der Waals surface area contributed by atoms with Crippen molar-refractivity contribution in [2.24, 2.45) is 0 Å². The molecule has 4 rings (SSSR count). The van der Waals surface area contributed by atoms with Crippen molar-refractivity contribution in [1.29, 1.82) is 5.26 Å². The third-order valence-electron chi connectivity index (χ3n) is 4.61. The zero-order chi connectivity index (χ0) is 18.8. The van der Waals surface area contributed by atoms with Crippen LogP contribution in [0.15, 0.2) is 33.4 Å². The zero-order valence-corrected chi connectivity index (χ0v) is 16.1. The van der Waals surface area contributed by atoms with Crippen LogP contribution in [0, 0.1) is 11.3 Å². The summed E-state index contributed by atoms with van der Waals surface area (Å²) in [6, 6.07) is 5.40. The van der Waals surface area contributed by atoms with E-state index in [9.17, 15) is 10.1 Å². The maximum Gasteiger partial charge on any atom is 0.222 e. The summed E-state index contributed by atoms with van der Waals surface area (Å²) in [5.41, 5.74) is 0. The molecule has 0 radical (unpaired) electrons. The summed E-state index contributed by atoms with van der Waals surface area (Å²) in [6.45, 7) is 1.14. The lowest BCUT2D eigenvalue weighted by Crippen LogP contribution is -2.17. The Balaban J connectivity index is 1.56. The molecule has 0 N–H and O–H groups in total. The van der Waals surface area contributed by atoms with Crippen LogP contribution in [0.4, 0.5) is 0 Å². The SMILES string of the molecule is N#CC(C(=O)c1ccc(Cn2cc(Br)cn2)o1)c1nnc2n1CCCCC2. The van der Waals surface area contributed by atoms with Gasteiger partial charge in [0.05, 0.1) is 23.3 Å². The Morgan fingerprint density at radius 3 is 3.00 bits per heavy atom. The first kappa shape index (κ1) is 17.7. The van der Waals surface area contributed by atoms with E-state index in [4.69, 9.17) is 4.42 Å². The minimum Gasteiger partial charge on any atom is -0.456 e. The molecule has 4 heterocycles. The molecular formula is C18H17BrN6O2. The molecule has 1 atom stereocenters. The molecule has 1 aliphatic heterocycles. The van der Waals surface area contributed by atoms with E-state index >= 15 is 0 Å². The fourth-order valence-electron chi connectivity index (χ4n) is 3.28. The van der Waals surface area contributed by atoms with Crippen LogP contribution in [0.2, 0.25) is 0 Å². The van der Waals surface area contributed by atoms with E-state index in [2.05, 4.69) is 37.3 Å². The van der Waals surface area contributed by atoms with Gasteiger partial charge in [0, 0.05) is 19.2 Å². The van der Waals surface area contributed by atoms with Crippen LogP contribution < -0.4 is 0 Å². The van der Waals surface area contributed by atoms with Gasteiger partial charge in [-0.3, -0.25) is 9.48 Å². The molecule has 0 saturated carbocycles. The molecule has 0 fully saturated rings. The summed E-state index contributed by atoms with van der Waals surface area (Å²) in [7, 11) is 0. The lowest BCUT2D eigenvalue weighted by Gasteiger charge is -2.09. The molecule has 0 aliphatic carbocycles. The van der Waals surface area contributed by atoms with Crippen LogP contribution in [0.3, 0.4) is 0 Å². The number of furan rings is 1. The average molecular weight is 429 g/mol. The van der Waals surface area contributed by atoms with Crippen molar-refractivity contribution in [1.82, 2.24) is 24.5 Å². The maximum absolute atomic E-state index is 12.9. The molecule has 1 unspecified atom stereocenters. The number of fused-ring (bicyclic) bond motifs is 1. The third kappa shape index (κ3) is 3.57. The average Bonchev–Trinajstić information content (AvgIpc) is 3.34. The van der Waals surface area contributed by atoms with Gasteiger partial charge in [-0.25, -0.2) is 0 Å². The highest BCUT2D eigenvalue weighted by atomic mass is 79.9. The standard InChI is InChI=1S/C18H17BrN6O2/c19-12-9-21-24(10-12)11-13-5-6-15(27-13)17(26)14(8-20)18-23-22-16-4-2-1-3-7-25(16)18/h5-6,9-10,14H,1-4,7,11H2. The smallest absolute Gasteiger partial charge is 0.222 e. The van der Waals surface area contributed by atoms with Gasteiger partial charge in [-0.15, -0.1) is 10.2 Å². The van der Waals surface area contributed by atoms with Gasteiger partial charge < -0.3 is 8.98 Å². The maximum atomic E-state index is 12.9. The number of ketones is 1. The highest BCUT2D eigenvalue weighted by molar-refractivity contribution is 9.10. The normalized spacial score (nSPS) is 15.0. The molecule has 0 aromatic carbocycles. The first-order valence-corrected chi connectivity index (χ1v) is 9.57. The van der Waals surface area contributed by atoms with Crippen molar-refractivity contribution in [2.75, 3.05) is 0 Å². The van der Waals surface area contributed by atoms with Crippen LogP contribution >= 0.6 is 15.9 Å². The lowest BCUT2D eigenvalue weighted by atomic mass is 10.0. The van der Waals surface area contributed by atoms with E-state index in [-0.39, 0.29) is 5.76 Å². The minimum atomic E-state index is -1.03. The van der Waals surface area contributed by atoms with Crippen molar-refractivity contribution >= 4 is 21.7 Å². The van der Waals surface area contributed by atoms with E-state index in [1.54, 1.807) is 23.0 Å². The molecule has 27 heavy (non-hydrogen) atoms. The fraction of sp³-hybridized carbons (Fsp3) is 0.389. The Labute approximate surface area is 163 Å².